The maximum atomic E-state index is 12.2. The topological polar surface area (TPSA) is 66.8 Å². The molecule has 1 aliphatic heterocycles. The number of carbonyl (C=O) groups excluding carboxylic acids is 2. The molecule has 1 amide bonds. The predicted octanol–water partition coefficient (Wildman–Crippen LogP) is 1.10. The summed E-state index contributed by atoms with van der Waals surface area (Å²) in [5.74, 6) is -0.717. The number of rotatable bonds is 2. The van der Waals surface area contributed by atoms with E-state index in [1.807, 2.05) is 0 Å². The minimum absolute atomic E-state index is 0.172. The Balaban J connectivity index is 2.20. The van der Waals surface area contributed by atoms with Crippen molar-refractivity contribution in [3.63, 3.8) is 0 Å². The lowest BCUT2D eigenvalue weighted by atomic mass is 10.2. The molecular formula is C11H12INO4S. The SMILES string of the molecule is COC(=O)C1CC(O)CN1C(=O)c1csc(I)c1. The number of hydrogen-bond acceptors (Lipinski definition) is 5. The van der Waals surface area contributed by atoms with Crippen molar-refractivity contribution in [2.45, 2.75) is 18.6 Å². The quantitative estimate of drug-likeness (QED) is 0.616. The van der Waals surface area contributed by atoms with Gasteiger partial charge in [0.05, 0.1) is 21.7 Å². The van der Waals surface area contributed by atoms with Crippen LogP contribution in [-0.2, 0) is 9.53 Å². The molecule has 1 saturated heterocycles. The molecular weight excluding hydrogens is 369 g/mol. The van der Waals surface area contributed by atoms with Crippen LogP contribution < -0.4 is 0 Å². The minimum atomic E-state index is -0.685. The Hall–Kier alpha value is -0.670. The molecule has 2 rings (SSSR count). The third kappa shape index (κ3) is 2.67. The van der Waals surface area contributed by atoms with Crippen LogP contribution in [0.3, 0.4) is 0 Å². The van der Waals surface area contributed by atoms with Crippen LogP contribution >= 0.6 is 33.9 Å². The molecule has 0 aliphatic carbocycles. The number of hydrogen-bond donors (Lipinski definition) is 1. The van der Waals surface area contributed by atoms with Crippen LogP contribution in [0.2, 0.25) is 0 Å². The number of nitrogens with zero attached hydrogens (tertiary/aromatic N) is 1. The molecule has 18 heavy (non-hydrogen) atoms. The number of ether oxygens (including phenoxy) is 1. The van der Waals surface area contributed by atoms with Crippen molar-refractivity contribution in [1.29, 1.82) is 0 Å². The average molecular weight is 381 g/mol. The summed E-state index contributed by atoms with van der Waals surface area (Å²) < 4.78 is 5.67. The molecule has 1 aliphatic rings. The van der Waals surface area contributed by atoms with Gasteiger partial charge in [-0.25, -0.2) is 4.79 Å². The van der Waals surface area contributed by atoms with Crippen LogP contribution in [0.1, 0.15) is 16.8 Å². The van der Waals surface area contributed by atoms with E-state index in [0.717, 1.165) is 2.88 Å². The summed E-state index contributed by atoms with van der Waals surface area (Å²) in [6.07, 6.45) is -0.435. The maximum absolute atomic E-state index is 12.2. The first-order valence-electron chi connectivity index (χ1n) is 5.34. The molecule has 2 atom stereocenters. The summed E-state index contributed by atoms with van der Waals surface area (Å²) in [5.41, 5.74) is 0.549. The van der Waals surface area contributed by atoms with Crippen LogP contribution in [0.5, 0.6) is 0 Å². The number of halogens is 1. The Morgan fingerprint density at radius 2 is 2.33 bits per heavy atom. The van der Waals surface area contributed by atoms with E-state index < -0.39 is 18.1 Å². The van der Waals surface area contributed by atoms with Gasteiger partial charge in [-0.3, -0.25) is 4.79 Å². The number of aliphatic hydroxyl groups is 1. The summed E-state index contributed by atoms with van der Waals surface area (Å²) in [5, 5.41) is 11.4. The maximum Gasteiger partial charge on any atom is 0.328 e. The van der Waals surface area contributed by atoms with Crippen LogP contribution in [-0.4, -0.2) is 47.7 Å². The van der Waals surface area contributed by atoms with Gasteiger partial charge in [-0.05, 0) is 28.7 Å². The molecule has 98 valence electrons. The molecule has 7 heteroatoms. The van der Waals surface area contributed by atoms with Gasteiger partial charge in [0, 0.05) is 18.3 Å². The molecule has 5 nitrogen and oxygen atoms in total. The highest BCUT2D eigenvalue weighted by atomic mass is 127. The van der Waals surface area contributed by atoms with E-state index in [1.54, 1.807) is 11.4 Å². The van der Waals surface area contributed by atoms with Crippen molar-refractivity contribution >= 4 is 45.8 Å². The van der Waals surface area contributed by atoms with E-state index in [1.165, 1.54) is 23.3 Å². The minimum Gasteiger partial charge on any atom is -0.467 e. The second-order valence-electron chi connectivity index (χ2n) is 4.03. The number of thiophene rings is 1. The number of β-amino-alcohol motifs (C(OH)–C–C–N with tert-alkyl or cyclic N) is 1. The fourth-order valence-electron chi connectivity index (χ4n) is 1.99. The lowest BCUT2D eigenvalue weighted by Crippen LogP contribution is -2.41. The van der Waals surface area contributed by atoms with E-state index in [4.69, 9.17) is 0 Å². The molecule has 1 N–H and O–H groups in total. The predicted molar refractivity (Wildman–Crippen MR) is 74.5 cm³/mol. The second-order valence-corrected chi connectivity index (χ2v) is 6.83. The van der Waals surface area contributed by atoms with Gasteiger partial charge in [-0.2, -0.15) is 0 Å². The largest absolute Gasteiger partial charge is 0.467 e. The van der Waals surface area contributed by atoms with E-state index >= 15 is 0 Å². The Kier molecular flexibility index (Phi) is 4.23. The van der Waals surface area contributed by atoms with Crippen molar-refractivity contribution < 1.29 is 19.4 Å². The highest BCUT2D eigenvalue weighted by Gasteiger charge is 2.40. The summed E-state index contributed by atoms with van der Waals surface area (Å²) >= 11 is 3.60. The summed E-state index contributed by atoms with van der Waals surface area (Å²) in [6.45, 7) is 0.172. The zero-order valence-electron chi connectivity index (χ0n) is 9.63. The number of esters is 1. The fourth-order valence-corrected chi connectivity index (χ4v) is 3.31. The fraction of sp³-hybridized carbons (Fsp3) is 0.455. The lowest BCUT2D eigenvalue weighted by molar-refractivity contribution is -0.145. The van der Waals surface area contributed by atoms with Gasteiger partial charge < -0.3 is 14.7 Å². The van der Waals surface area contributed by atoms with Gasteiger partial charge in [0.25, 0.3) is 5.91 Å². The molecule has 1 aromatic heterocycles. The monoisotopic (exact) mass is 381 g/mol. The molecule has 2 heterocycles. The number of amides is 1. The number of aliphatic hydroxyl groups excluding tert-OH is 1. The summed E-state index contributed by atoms with van der Waals surface area (Å²) in [6, 6.07) is 1.09. The smallest absolute Gasteiger partial charge is 0.328 e. The highest BCUT2D eigenvalue weighted by molar-refractivity contribution is 14.1. The van der Waals surface area contributed by atoms with Crippen molar-refractivity contribution in [3.8, 4) is 0 Å². The normalized spacial score (nSPS) is 23.2. The molecule has 0 bridgehead atoms. The van der Waals surface area contributed by atoms with Gasteiger partial charge in [0.15, 0.2) is 0 Å². The molecule has 0 spiro atoms. The molecule has 1 fully saturated rings. The van der Waals surface area contributed by atoms with Crippen molar-refractivity contribution in [1.82, 2.24) is 4.90 Å². The van der Waals surface area contributed by atoms with Gasteiger partial charge in [-0.15, -0.1) is 11.3 Å². The summed E-state index contributed by atoms with van der Waals surface area (Å²) in [4.78, 5) is 25.2. The van der Waals surface area contributed by atoms with Crippen LogP contribution in [0.4, 0.5) is 0 Å². The Morgan fingerprint density at radius 1 is 1.61 bits per heavy atom. The zero-order chi connectivity index (χ0) is 13.3. The Bertz CT molecular complexity index is 475. The molecule has 0 aromatic carbocycles. The first-order chi connectivity index (χ1) is 8.52. The van der Waals surface area contributed by atoms with E-state index in [0.29, 0.717) is 5.56 Å². The lowest BCUT2D eigenvalue weighted by Gasteiger charge is -2.21. The van der Waals surface area contributed by atoms with Gasteiger partial charge >= 0.3 is 5.97 Å². The first kappa shape index (κ1) is 13.8. The first-order valence-corrected chi connectivity index (χ1v) is 7.29. The van der Waals surface area contributed by atoms with Gasteiger partial charge in [0.2, 0.25) is 0 Å². The van der Waals surface area contributed by atoms with Gasteiger partial charge in [0.1, 0.15) is 6.04 Å². The Labute approximate surface area is 122 Å². The number of likely N-dealkylation sites (tertiary alicyclic amines) is 1. The molecule has 2 unspecified atom stereocenters. The van der Waals surface area contributed by atoms with Crippen molar-refractivity contribution in [2.75, 3.05) is 13.7 Å². The number of methoxy groups -OCH3 is 1. The van der Waals surface area contributed by atoms with Crippen molar-refractivity contribution in [2.24, 2.45) is 0 Å². The molecule has 1 aromatic rings. The van der Waals surface area contributed by atoms with Crippen LogP contribution in [0.25, 0.3) is 0 Å². The standard InChI is InChI=1S/C11H12INO4S/c1-17-11(16)8-3-7(14)4-13(8)10(15)6-2-9(12)18-5-6/h2,5,7-8,14H,3-4H2,1H3. The molecule has 0 saturated carbocycles. The second kappa shape index (κ2) is 5.54. The van der Waals surface area contributed by atoms with E-state index in [2.05, 4.69) is 27.3 Å². The third-order valence-electron chi connectivity index (χ3n) is 2.83. The highest BCUT2D eigenvalue weighted by Crippen LogP contribution is 2.24. The number of carbonyl (C=O) groups is 2. The van der Waals surface area contributed by atoms with Gasteiger partial charge in [-0.1, -0.05) is 0 Å². The van der Waals surface area contributed by atoms with Crippen LogP contribution in [0.15, 0.2) is 11.4 Å². The molecule has 0 radical (unpaired) electrons. The van der Waals surface area contributed by atoms with Crippen LogP contribution in [0, 0.1) is 2.88 Å². The van der Waals surface area contributed by atoms with E-state index in [9.17, 15) is 14.7 Å². The van der Waals surface area contributed by atoms with E-state index in [-0.39, 0.29) is 18.9 Å². The average Bonchev–Trinajstić information content (AvgIpc) is 2.93. The summed E-state index contributed by atoms with van der Waals surface area (Å²) in [7, 11) is 1.28. The Morgan fingerprint density at radius 3 is 2.89 bits per heavy atom. The third-order valence-corrected chi connectivity index (χ3v) is 4.62. The van der Waals surface area contributed by atoms with Crippen molar-refractivity contribution in [3.05, 3.63) is 19.9 Å². The zero-order valence-corrected chi connectivity index (χ0v) is 12.6.